The van der Waals surface area contributed by atoms with Gasteiger partial charge in [0.1, 0.15) is 11.6 Å². The van der Waals surface area contributed by atoms with Gasteiger partial charge in [0.05, 0.1) is 11.8 Å². The smallest absolute Gasteiger partial charge is 0.229 e. The molecule has 2 N–H and O–H groups in total. The lowest BCUT2D eigenvalue weighted by Crippen LogP contribution is -2.19. The molecule has 6 heteroatoms. The summed E-state index contributed by atoms with van der Waals surface area (Å²) >= 11 is 0. The third-order valence-corrected chi connectivity index (χ3v) is 3.51. The van der Waals surface area contributed by atoms with Crippen LogP contribution in [-0.4, -0.2) is 29.2 Å². The Bertz CT molecular complexity index is 644. The second kappa shape index (κ2) is 6.70. The minimum atomic E-state index is -0.332. The fourth-order valence-electron chi connectivity index (χ4n) is 2.42. The molecule has 1 aromatic carbocycles. The van der Waals surface area contributed by atoms with Crippen LogP contribution >= 0.6 is 0 Å². The molecule has 1 saturated heterocycles. The van der Waals surface area contributed by atoms with Crippen molar-refractivity contribution in [3.05, 3.63) is 41.8 Å². The molecule has 2 aromatic rings. The van der Waals surface area contributed by atoms with Gasteiger partial charge in [-0.05, 0) is 31.9 Å². The normalized spacial score (nSPS) is 17.5. The van der Waals surface area contributed by atoms with Crippen LogP contribution in [0.4, 0.5) is 21.8 Å². The van der Waals surface area contributed by atoms with Gasteiger partial charge in [-0.3, -0.25) is 0 Å². The van der Waals surface area contributed by atoms with Crippen LogP contribution in [0.5, 0.6) is 0 Å². The SMILES string of the molecule is Cc1cc(NCC2CCCO2)nc(Nc2ccccc2F)n1. The van der Waals surface area contributed by atoms with Crippen molar-refractivity contribution in [3.63, 3.8) is 0 Å². The summed E-state index contributed by atoms with van der Waals surface area (Å²) in [7, 11) is 0. The summed E-state index contributed by atoms with van der Waals surface area (Å²) in [5, 5.41) is 6.17. The highest BCUT2D eigenvalue weighted by Crippen LogP contribution is 2.19. The maximum atomic E-state index is 13.7. The first-order chi connectivity index (χ1) is 10.7. The summed E-state index contributed by atoms with van der Waals surface area (Å²) in [5.74, 6) is 0.753. The van der Waals surface area contributed by atoms with Gasteiger partial charge in [0.15, 0.2) is 0 Å². The average Bonchev–Trinajstić information content (AvgIpc) is 3.00. The number of ether oxygens (including phenoxy) is 1. The summed E-state index contributed by atoms with van der Waals surface area (Å²) in [6.45, 7) is 3.43. The molecule has 5 nitrogen and oxygen atoms in total. The Morgan fingerprint density at radius 1 is 1.32 bits per heavy atom. The Morgan fingerprint density at radius 3 is 2.95 bits per heavy atom. The molecular formula is C16H19FN4O. The van der Waals surface area contributed by atoms with E-state index in [0.29, 0.717) is 17.5 Å². The fourth-order valence-corrected chi connectivity index (χ4v) is 2.42. The zero-order valence-corrected chi connectivity index (χ0v) is 12.5. The van der Waals surface area contributed by atoms with E-state index in [0.717, 1.165) is 31.7 Å². The number of anilines is 3. The Balaban J connectivity index is 1.70. The molecule has 0 spiro atoms. The van der Waals surface area contributed by atoms with Gasteiger partial charge in [-0.15, -0.1) is 0 Å². The second-order valence-electron chi connectivity index (χ2n) is 5.34. The predicted octanol–water partition coefficient (Wildman–Crippen LogP) is 3.26. The second-order valence-corrected chi connectivity index (χ2v) is 5.34. The maximum absolute atomic E-state index is 13.7. The lowest BCUT2D eigenvalue weighted by Gasteiger charge is -2.13. The van der Waals surface area contributed by atoms with Crippen molar-refractivity contribution in [2.75, 3.05) is 23.8 Å². The highest BCUT2D eigenvalue weighted by Gasteiger charge is 2.15. The molecular weight excluding hydrogens is 283 g/mol. The van der Waals surface area contributed by atoms with Crippen molar-refractivity contribution in [2.24, 2.45) is 0 Å². The number of nitrogens with one attached hydrogen (secondary N) is 2. The average molecular weight is 302 g/mol. The van der Waals surface area contributed by atoms with Crippen LogP contribution in [0.25, 0.3) is 0 Å². The number of halogens is 1. The van der Waals surface area contributed by atoms with Gasteiger partial charge in [0.2, 0.25) is 5.95 Å². The van der Waals surface area contributed by atoms with Crippen molar-refractivity contribution >= 4 is 17.5 Å². The van der Waals surface area contributed by atoms with Crippen molar-refractivity contribution in [3.8, 4) is 0 Å². The van der Waals surface area contributed by atoms with E-state index in [4.69, 9.17) is 4.74 Å². The number of para-hydroxylation sites is 1. The van der Waals surface area contributed by atoms with Gasteiger partial charge in [0, 0.05) is 24.9 Å². The monoisotopic (exact) mass is 302 g/mol. The lowest BCUT2D eigenvalue weighted by molar-refractivity contribution is 0.120. The van der Waals surface area contributed by atoms with E-state index >= 15 is 0 Å². The summed E-state index contributed by atoms with van der Waals surface area (Å²) in [6, 6.07) is 8.32. The van der Waals surface area contributed by atoms with E-state index < -0.39 is 0 Å². The number of hydrogen-bond donors (Lipinski definition) is 2. The maximum Gasteiger partial charge on any atom is 0.229 e. The van der Waals surface area contributed by atoms with Crippen LogP contribution < -0.4 is 10.6 Å². The van der Waals surface area contributed by atoms with Gasteiger partial charge >= 0.3 is 0 Å². The number of aryl methyl sites for hydroxylation is 1. The zero-order valence-electron chi connectivity index (χ0n) is 12.5. The molecule has 0 aliphatic carbocycles. The summed E-state index contributed by atoms with van der Waals surface area (Å²) in [4.78, 5) is 8.67. The van der Waals surface area contributed by atoms with Gasteiger partial charge in [-0.25, -0.2) is 9.37 Å². The van der Waals surface area contributed by atoms with E-state index in [9.17, 15) is 4.39 Å². The van der Waals surface area contributed by atoms with Gasteiger partial charge in [0.25, 0.3) is 0 Å². The first-order valence-electron chi connectivity index (χ1n) is 7.43. The van der Waals surface area contributed by atoms with Crippen LogP contribution in [0.15, 0.2) is 30.3 Å². The van der Waals surface area contributed by atoms with E-state index in [1.54, 1.807) is 18.2 Å². The molecule has 116 valence electrons. The molecule has 0 radical (unpaired) electrons. The number of benzene rings is 1. The zero-order chi connectivity index (χ0) is 15.4. The van der Waals surface area contributed by atoms with Crippen molar-refractivity contribution in [1.82, 2.24) is 9.97 Å². The van der Waals surface area contributed by atoms with Crippen LogP contribution in [0.1, 0.15) is 18.5 Å². The quantitative estimate of drug-likeness (QED) is 0.888. The molecule has 0 bridgehead atoms. The first kappa shape index (κ1) is 14.7. The van der Waals surface area contributed by atoms with Gasteiger partial charge < -0.3 is 15.4 Å². The fraction of sp³-hybridized carbons (Fsp3) is 0.375. The lowest BCUT2D eigenvalue weighted by atomic mass is 10.2. The number of nitrogens with zero attached hydrogens (tertiary/aromatic N) is 2. The molecule has 2 heterocycles. The molecule has 0 amide bonds. The van der Waals surface area contributed by atoms with Gasteiger partial charge in [-0.1, -0.05) is 12.1 Å². The Hall–Kier alpha value is -2.21. The van der Waals surface area contributed by atoms with E-state index in [1.165, 1.54) is 6.07 Å². The Labute approximate surface area is 128 Å². The largest absolute Gasteiger partial charge is 0.376 e. The molecule has 1 aliphatic heterocycles. The Morgan fingerprint density at radius 2 is 2.18 bits per heavy atom. The summed E-state index contributed by atoms with van der Waals surface area (Å²) in [6.07, 6.45) is 2.41. The van der Waals surface area contributed by atoms with Crippen LogP contribution in [0, 0.1) is 12.7 Å². The highest BCUT2D eigenvalue weighted by molar-refractivity contribution is 5.55. The van der Waals surface area contributed by atoms with Crippen molar-refractivity contribution in [1.29, 1.82) is 0 Å². The van der Waals surface area contributed by atoms with Gasteiger partial charge in [-0.2, -0.15) is 4.98 Å². The molecule has 0 saturated carbocycles. The van der Waals surface area contributed by atoms with Crippen LogP contribution in [0.3, 0.4) is 0 Å². The molecule has 1 aliphatic rings. The predicted molar refractivity (Wildman–Crippen MR) is 83.9 cm³/mol. The number of aromatic nitrogens is 2. The molecule has 1 aromatic heterocycles. The topological polar surface area (TPSA) is 59.1 Å². The molecule has 1 unspecified atom stereocenters. The van der Waals surface area contributed by atoms with E-state index in [1.807, 2.05) is 13.0 Å². The molecule has 3 rings (SSSR count). The third-order valence-electron chi connectivity index (χ3n) is 3.51. The highest BCUT2D eigenvalue weighted by atomic mass is 19.1. The van der Waals surface area contributed by atoms with E-state index in [-0.39, 0.29) is 11.9 Å². The standard InChI is InChI=1S/C16H19FN4O/c1-11-9-15(18-10-12-5-4-8-22-12)21-16(19-11)20-14-7-3-2-6-13(14)17/h2-3,6-7,9,12H,4-5,8,10H2,1H3,(H2,18,19,20,21). The minimum absolute atomic E-state index is 0.234. The summed E-state index contributed by atoms with van der Waals surface area (Å²) in [5.41, 5.74) is 1.17. The number of hydrogen-bond acceptors (Lipinski definition) is 5. The third kappa shape index (κ3) is 3.71. The van der Waals surface area contributed by atoms with Crippen molar-refractivity contribution in [2.45, 2.75) is 25.9 Å². The minimum Gasteiger partial charge on any atom is -0.376 e. The van der Waals surface area contributed by atoms with Crippen molar-refractivity contribution < 1.29 is 9.13 Å². The Kier molecular flexibility index (Phi) is 4.48. The molecule has 1 fully saturated rings. The van der Waals surface area contributed by atoms with Crippen LogP contribution in [0.2, 0.25) is 0 Å². The first-order valence-corrected chi connectivity index (χ1v) is 7.43. The van der Waals surface area contributed by atoms with Crippen LogP contribution in [-0.2, 0) is 4.74 Å². The molecule has 1 atom stereocenters. The van der Waals surface area contributed by atoms with E-state index in [2.05, 4.69) is 20.6 Å². The summed E-state index contributed by atoms with van der Waals surface area (Å²) < 4.78 is 19.3. The number of rotatable bonds is 5. The molecule has 22 heavy (non-hydrogen) atoms.